The van der Waals surface area contributed by atoms with Crippen molar-refractivity contribution >= 4 is 24.2 Å². The first-order valence-corrected chi connectivity index (χ1v) is 5.30. The van der Waals surface area contributed by atoms with Crippen LogP contribution < -0.4 is 0 Å². The van der Waals surface area contributed by atoms with E-state index in [0.717, 1.165) is 5.56 Å². The van der Waals surface area contributed by atoms with Gasteiger partial charge in [0.05, 0.1) is 6.10 Å². The first kappa shape index (κ1) is 11.9. The number of rotatable bonds is 3. The first-order valence-electron chi connectivity index (χ1n) is 4.29. The Labute approximate surface area is 93.9 Å². The summed E-state index contributed by atoms with van der Waals surface area (Å²) in [6.45, 7) is 1.84. The molecule has 0 aliphatic carbocycles. The van der Waals surface area contributed by atoms with Gasteiger partial charge in [0, 0.05) is 10.8 Å². The van der Waals surface area contributed by atoms with Gasteiger partial charge in [0.1, 0.15) is 6.10 Å². The van der Waals surface area contributed by atoms with Gasteiger partial charge in [-0.15, -0.1) is 0 Å². The van der Waals surface area contributed by atoms with Gasteiger partial charge in [-0.25, -0.2) is 0 Å². The summed E-state index contributed by atoms with van der Waals surface area (Å²) in [5, 5.41) is 19.8. The summed E-state index contributed by atoms with van der Waals surface area (Å²) in [6.07, 6.45) is -1.75. The largest absolute Gasteiger partial charge is 0.389 e. The summed E-state index contributed by atoms with van der Waals surface area (Å²) >= 11 is 9.70. The molecule has 0 aliphatic rings. The average Bonchev–Trinajstić information content (AvgIpc) is 2.15. The molecule has 0 amide bonds. The fraction of sp³-hybridized carbons (Fsp3) is 0.400. The topological polar surface area (TPSA) is 40.5 Å². The monoisotopic (exact) mass is 232 g/mol. The van der Waals surface area contributed by atoms with Crippen molar-refractivity contribution in [1.29, 1.82) is 0 Å². The Hall–Kier alpha value is -0.220. The van der Waals surface area contributed by atoms with Gasteiger partial charge < -0.3 is 10.2 Å². The molecule has 2 nitrogen and oxygen atoms in total. The second-order valence-corrected chi connectivity index (χ2v) is 4.00. The van der Waals surface area contributed by atoms with E-state index in [1.54, 1.807) is 18.2 Å². The molecule has 0 radical (unpaired) electrons. The highest BCUT2D eigenvalue weighted by atomic mass is 35.5. The highest BCUT2D eigenvalue weighted by Crippen LogP contribution is 2.24. The second-order valence-electron chi connectivity index (χ2n) is 3.20. The van der Waals surface area contributed by atoms with Crippen LogP contribution in [-0.4, -0.2) is 22.1 Å². The molecule has 2 N–H and O–H groups in total. The molecule has 14 heavy (non-hydrogen) atoms. The minimum absolute atomic E-state index is 0.225. The lowest BCUT2D eigenvalue weighted by Gasteiger charge is -2.18. The number of aliphatic hydroxyl groups excluding tert-OH is 2. The van der Waals surface area contributed by atoms with Gasteiger partial charge in [-0.3, -0.25) is 0 Å². The number of aryl methyl sites for hydroxylation is 1. The molecule has 2 atom stereocenters. The van der Waals surface area contributed by atoms with Crippen molar-refractivity contribution in [3.8, 4) is 0 Å². The van der Waals surface area contributed by atoms with E-state index in [0.29, 0.717) is 10.6 Å². The predicted octanol–water partition coefficient (Wildman–Crippen LogP) is 1.97. The molecule has 78 valence electrons. The van der Waals surface area contributed by atoms with Gasteiger partial charge in [0.2, 0.25) is 0 Å². The van der Waals surface area contributed by atoms with Gasteiger partial charge in [0.15, 0.2) is 0 Å². The zero-order chi connectivity index (χ0) is 10.7. The van der Waals surface area contributed by atoms with Crippen LogP contribution in [0.5, 0.6) is 0 Å². The summed E-state index contributed by atoms with van der Waals surface area (Å²) in [5.74, 6) is 0.225. The van der Waals surface area contributed by atoms with E-state index in [1.165, 1.54) is 0 Å². The summed E-state index contributed by atoms with van der Waals surface area (Å²) < 4.78 is 0. The van der Waals surface area contributed by atoms with E-state index in [4.69, 9.17) is 11.6 Å². The Morgan fingerprint density at radius 3 is 2.57 bits per heavy atom. The smallest absolute Gasteiger partial charge is 0.106 e. The fourth-order valence-corrected chi connectivity index (χ4v) is 1.70. The van der Waals surface area contributed by atoms with E-state index < -0.39 is 12.2 Å². The molecular formula is C10H13ClO2S. The maximum Gasteiger partial charge on any atom is 0.106 e. The molecule has 2 unspecified atom stereocenters. The molecule has 0 saturated heterocycles. The van der Waals surface area contributed by atoms with Gasteiger partial charge in [-0.1, -0.05) is 17.7 Å². The Morgan fingerprint density at radius 2 is 2.07 bits per heavy atom. The SMILES string of the molecule is Cc1cc(Cl)ccc1C(O)C(O)CS. The molecule has 0 spiro atoms. The van der Waals surface area contributed by atoms with Crippen molar-refractivity contribution in [2.45, 2.75) is 19.1 Å². The van der Waals surface area contributed by atoms with Crippen molar-refractivity contribution < 1.29 is 10.2 Å². The number of hydrogen-bond donors (Lipinski definition) is 3. The average molecular weight is 233 g/mol. The third-order valence-corrected chi connectivity index (χ3v) is 2.71. The summed E-state index contributed by atoms with van der Waals surface area (Å²) in [7, 11) is 0. The molecule has 1 aromatic carbocycles. The van der Waals surface area contributed by atoms with E-state index in [-0.39, 0.29) is 5.75 Å². The number of benzene rings is 1. The minimum Gasteiger partial charge on any atom is -0.389 e. The van der Waals surface area contributed by atoms with Gasteiger partial charge in [-0.2, -0.15) is 12.6 Å². The number of hydrogen-bond acceptors (Lipinski definition) is 3. The maximum atomic E-state index is 9.72. The predicted molar refractivity (Wildman–Crippen MR) is 61.0 cm³/mol. The Kier molecular flexibility index (Phi) is 4.26. The number of thiol groups is 1. The normalized spacial score (nSPS) is 15.2. The molecular weight excluding hydrogens is 220 g/mol. The number of halogens is 1. The van der Waals surface area contributed by atoms with Crippen molar-refractivity contribution in [2.75, 3.05) is 5.75 Å². The number of aliphatic hydroxyl groups is 2. The Balaban J connectivity index is 2.95. The van der Waals surface area contributed by atoms with Crippen LogP contribution in [0, 0.1) is 6.92 Å². The fourth-order valence-electron chi connectivity index (χ4n) is 1.28. The van der Waals surface area contributed by atoms with E-state index >= 15 is 0 Å². The molecule has 0 saturated carbocycles. The standard InChI is InChI=1S/C10H13ClO2S/c1-6-4-7(11)2-3-8(6)10(13)9(12)5-14/h2-4,9-10,12-14H,5H2,1H3. The van der Waals surface area contributed by atoms with Crippen LogP contribution in [-0.2, 0) is 0 Å². The summed E-state index contributed by atoms with van der Waals surface area (Å²) in [4.78, 5) is 0. The van der Waals surface area contributed by atoms with Crippen LogP contribution in [0.3, 0.4) is 0 Å². The van der Waals surface area contributed by atoms with Gasteiger partial charge >= 0.3 is 0 Å². The van der Waals surface area contributed by atoms with Crippen LogP contribution in [0.4, 0.5) is 0 Å². The van der Waals surface area contributed by atoms with Crippen LogP contribution in [0.25, 0.3) is 0 Å². The molecule has 0 heterocycles. The second kappa shape index (κ2) is 5.03. The highest BCUT2D eigenvalue weighted by molar-refractivity contribution is 7.80. The van der Waals surface area contributed by atoms with Crippen LogP contribution in [0.1, 0.15) is 17.2 Å². The first-order chi connectivity index (χ1) is 6.56. The summed E-state index contributed by atoms with van der Waals surface area (Å²) in [5.41, 5.74) is 1.56. The lowest BCUT2D eigenvalue weighted by molar-refractivity contribution is 0.0334. The maximum absolute atomic E-state index is 9.72. The Bertz CT molecular complexity index is 317. The van der Waals surface area contributed by atoms with Crippen molar-refractivity contribution in [3.05, 3.63) is 34.3 Å². The zero-order valence-electron chi connectivity index (χ0n) is 7.81. The van der Waals surface area contributed by atoms with Gasteiger partial charge in [-0.05, 0) is 30.2 Å². The third kappa shape index (κ3) is 2.64. The zero-order valence-corrected chi connectivity index (χ0v) is 9.46. The minimum atomic E-state index is -0.898. The van der Waals surface area contributed by atoms with Crippen molar-refractivity contribution in [1.82, 2.24) is 0 Å². The molecule has 1 rings (SSSR count). The van der Waals surface area contributed by atoms with E-state index in [2.05, 4.69) is 12.6 Å². The lowest BCUT2D eigenvalue weighted by atomic mass is 10.0. The highest BCUT2D eigenvalue weighted by Gasteiger charge is 2.18. The quantitative estimate of drug-likeness (QED) is 0.698. The van der Waals surface area contributed by atoms with Crippen molar-refractivity contribution in [3.63, 3.8) is 0 Å². The molecule has 1 aromatic rings. The van der Waals surface area contributed by atoms with Crippen LogP contribution >= 0.6 is 24.2 Å². The summed E-state index contributed by atoms with van der Waals surface area (Å²) in [6, 6.07) is 5.17. The molecule has 0 bridgehead atoms. The van der Waals surface area contributed by atoms with Crippen LogP contribution in [0.2, 0.25) is 5.02 Å². The van der Waals surface area contributed by atoms with Gasteiger partial charge in [0.25, 0.3) is 0 Å². The Morgan fingerprint density at radius 1 is 1.43 bits per heavy atom. The van der Waals surface area contributed by atoms with E-state index in [9.17, 15) is 10.2 Å². The third-order valence-electron chi connectivity index (χ3n) is 2.10. The molecule has 0 aliphatic heterocycles. The molecule has 4 heteroatoms. The lowest BCUT2D eigenvalue weighted by Crippen LogP contribution is -2.20. The van der Waals surface area contributed by atoms with Crippen molar-refractivity contribution in [2.24, 2.45) is 0 Å². The molecule has 0 fully saturated rings. The van der Waals surface area contributed by atoms with Crippen LogP contribution in [0.15, 0.2) is 18.2 Å². The van der Waals surface area contributed by atoms with E-state index in [1.807, 2.05) is 6.92 Å². The molecule has 0 aromatic heterocycles.